The molecule has 4 aromatic rings. The molecule has 2 aromatic heterocycles. The van der Waals surface area contributed by atoms with Crippen molar-refractivity contribution in [2.45, 2.75) is 32.1 Å². The molecule has 33 heavy (non-hydrogen) atoms. The van der Waals surface area contributed by atoms with Gasteiger partial charge in [-0.1, -0.05) is 35.9 Å². The maximum atomic E-state index is 13.8. The average Bonchev–Trinajstić information content (AvgIpc) is 3.38. The van der Waals surface area contributed by atoms with E-state index in [4.69, 9.17) is 11.6 Å². The Balaban J connectivity index is 1.50. The number of fused-ring (bicyclic) bond motifs is 3. The smallest absolute Gasteiger partial charge is 0.271 e. The van der Waals surface area contributed by atoms with Gasteiger partial charge in [0.2, 0.25) is 5.91 Å². The van der Waals surface area contributed by atoms with Crippen LogP contribution in [-0.4, -0.2) is 26.8 Å². The summed E-state index contributed by atoms with van der Waals surface area (Å²) in [5, 5.41) is 6.55. The molecule has 3 heterocycles. The minimum Gasteiger partial charge on any atom is -0.350 e. The molecule has 1 N–H and O–H groups in total. The largest absolute Gasteiger partial charge is 0.350 e. The van der Waals surface area contributed by atoms with Gasteiger partial charge in [-0.3, -0.25) is 9.59 Å². The van der Waals surface area contributed by atoms with E-state index in [0.717, 1.165) is 15.8 Å². The molecule has 1 unspecified atom stereocenters. The quantitative estimate of drug-likeness (QED) is 0.424. The average molecular weight is 482 g/mol. The second-order valence-electron chi connectivity index (χ2n) is 8.40. The highest BCUT2D eigenvalue weighted by Gasteiger charge is 2.47. The molecular formula is C25H21ClFN3O2S. The zero-order valence-electron chi connectivity index (χ0n) is 17.8. The zero-order chi connectivity index (χ0) is 23.2. The van der Waals surface area contributed by atoms with Crippen molar-refractivity contribution in [3.05, 3.63) is 93.7 Å². The number of nitrogens with zero attached hydrogens (tertiary/aromatic N) is 2. The first kappa shape index (κ1) is 21.7. The van der Waals surface area contributed by atoms with Crippen LogP contribution in [0.1, 0.15) is 28.5 Å². The van der Waals surface area contributed by atoms with Gasteiger partial charge < -0.3 is 14.8 Å². The number of aromatic nitrogens is 1. The summed E-state index contributed by atoms with van der Waals surface area (Å²) in [6.07, 6.45) is 0. The SMILES string of the molecule is CC1(C(=O)NCc2ccc(Cl)cc2)Cn2c(cc3ccsc32)C(=O)N1Cc1cccc(F)c1. The lowest BCUT2D eigenvalue weighted by Gasteiger charge is -2.44. The Hall–Kier alpha value is -3.16. The maximum Gasteiger partial charge on any atom is 0.271 e. The summed E-state index contributed by atoms with van der Waals surface area (Å²) in [5.41, 5.74) is 0.897. The van der Waals surface area contributed by atoms with Gasteiger partial charge in [-0.25, -0.2) is 4.39 Å². The molecule has 0 fully saturated rings. The van der Waals surface area contributed by atoms with Gasteiger partial charge >= 0.3 is 0 Å². The lowest BCUT2D eigenvalue weighted by Crippen LogP contribution is -2.63. The fourth-order valence-corrected chi connectivity index (χ4v) is 5.32. The predicted molar refractivity (Wildman–Crippen MR) is 128 cm³/mol. The molecule has 2 amide bonds. The van der Waals surface area contributed by atoms with Crippen LogP contribution in [0.25, 0.3) is 10.2 Å². The Labute approximate surface area is 199 Å². The van der Waals surface area contributed by atoms with Crippen LogP contribution < -0.4 is 5.32 Å². The van der Waals surface area contributed by atoms with Crippen LogP contribution in [0.2, 0.25) is 5.02 Å². The van der Waals surface area contributed by atoms with Crippen LogP contribution >= 0.6 is 22.9 Å². The van der Waals surface area contributed by atoms with Gasteiger partial charge in [0.05, 0.1) is 6.54 Å². The number of benzene rings is 2. The number of carbonyl (C=O) groups is 2. The van der Waals surface area contributed by atoms with Gasteiger partial charge in [-0.2, -0.15) is 0 Å². The Kier molecular flexibility index (Phi) is 5.46. The first-order chi connectivity index (χ1) is 15.8. The summed E-state index contributed by atoms with van der Waals surface area (Å²) >= 11 is 7.50. The van der Waals surface area contributed by atoms with Crippen molar-refractivity contribution in [2.75, 3.05) is 0 Å². The standard InChI is InChI=1S/C25H21ClFN3O2S/c1-25(24(32)28-13-16-5-7-19(26)8-6-16)15-29-21(12-18-9-10-33-23(18)29)22(31)30(25)14-17-3-2-4-20(27)11-17/h2-12H,13-15H2,1H3,(H,28,32). The Bertz CT molecular complexity index is 1360. The van der Waals surface area contributed by atoms with Gasteiger partial charge in [0.25, 0.3) is 5.91 Å². The molecule has 8 heteroatoms. The fourth-order valence-electron chi connectivity index (χ4n) is 4.30. The van der Waals surface area contributed by atoms with Crippen LogP contribution in [0.5, 0.6) is 0 Å². The molecule has 0 saturated carbocycles. The molecule has 168 valence electrons. The number of carbonyl (C=O) groups excluding carboxylic acids is 2. The van der Waals surface area contributed by atoms with E-state index >= 15 is 0 Å². The van der Waals surface area contributed by atoms with E-state index in [2.05, 4.69) is 5.32 Å². The van der Waals surface area contributed by atoms with Gasteiger partial charge in [-0.05, 0) is 59.8 Å². The maximum absolute atomic E-state index is 13.8. The van der Waals surface area contributed by atoms with E-state index in [-0.39, 0.29) is 24.2 Å². The lowest BCUT2D eigenvalue weighted by molar-refractivity contribution is -0.133. The Morgan fingerprint density at radius 3 is 2.70 bits per heavy atom. The normalized spacial score (nSPS) is 17.9. The van der Waals surface area contributed by atoms with Crippen LogP contribution in [-0.2, 0) is 24.4 Å². The number of amides is 2. The van der Waals surface area contributed by atoms with Crippen LogP contribution in [0.3, 0.4) is 0 Å². The molecule has 5 nitrogen and oxygen atoms in total. The van der Waals surface area contributed by atoms with Crippen molar-refractivity contribution in [3.63, 3.8) is 0 Å². The molecule has 2 aromatic carbocycles. The second kappa shape index (κ2) is 8.32. The highest BCUT2D eigenvalue weighted by atomic mass is 35.5. The fraction of sp³-hybridized carbons (Fsp3) is 0.200. The van der Waals surface area contributed by atoms with E-state index in [9.17, 15) is 14.0 Å². The van der Waals surface area contributed by atoms with Gasteiger partial charge in [0.15, 0.2) is 0 Å². The van der Waals surface area contributed by atoms with E-state index in [0.29, 0.717) is 29.4 Å². The summed E-state index contributed by atoms with van der Waals surface area (Å²) in [4.78, 5) is 29.7. The predicted octanol–water partition coefficient (Wildman–Crippen LogP) is 5.23. The minimum atomic E-state index is -1.17. The Morgan fingerprint density at radius 2 is 1.94 bits per heavy atom. The molecule has 1 aliphatic rings. The first-order valence-electron chi connectivity index (χ1n) is 10.5. The summed E-state index contributed by atoms with van der Waals surface area (Å²) in [6, 6.07) is 17.2. The number of hydrogen-bond acceptors (Lipinski definition) is 3. The highest BCUT2D eigenvalue weighted by Crippen LogP contribution is 2.35. The third-order valence-corrected chi connectivity index (χ3v) is 7.32. The van der Waals surface area contributed by atoms with Crippen molar-refractivity contribution in [3.8, 4) is 0 Å². The van der Waals surface area contributed by atoms with E-state index < -0.39 is 5.54 Å². The number of halogens is 2. The molecule has 0 aliphatic carbocycles. The summed E-state index contributed by atoms with van der Waals surface area (Å²) < 4.78 is 15.8. The van der Waals surface area contributed by atoms with Crippen molar-refractivity contribution < 1.29 is 14.0 Å². The van der Waals surface area contributed by atoms with Gasteiger partial charge in [0.1, 0.15) is 21.9 Å². The molecule has 1 atom stereocenters. The molecule has 1 aliphatic heterocycles. The molecule has 5 rings (SSSR count). The molecule has 0 spiro atoms. The van der Waals surface area contributed by atoms with E-state index in [1.54, 1.807) is 47.4 Å². The first-order valence-corrected chi connectivity index (χ1v) is 11.8. The third-order valence-electron chi connectivity index (χ3n) is 6.11. The molecular weight excluding hydrogens is 461 g/mol. The monoisotopic (exact) mass is 481 g/mol. The molecule has 0 bridgehead atoms. The highest BCUT2D eigenvalue weighted by molar-refractivity contribution is 7.16. The van der Waals surface area contributed by atoms with Crippen LogP contribution in [0, 0.1) is 5.82 Å². The van der Waals surface area contributed by atoms with Crippen LogP contribution in [0.4, 0.5) is 4.39 Å². The van der Waals surface area contributed by atoms with Crippen molar-refractivity contribution >= 4 is 45.0 Å². The third kappa shape index (κ3) is 3.92. The molecule has 0 saturated heterocycles. The summed E-state index contributed by atoms with van der Waals surface area (Å²) in [5.74, 6) is -0.904. The number of thiophene rings is 1. The second-order valence-corrected chi connectivity index (χ2v) is 9.73. The minimum absolute atomic E-state index is 0.125. The van der Waals surface area contributed by atoms with Crippen LogP contribution in [0.15, 0.2) is 66.0 Å². The topological polar surface area (TPSA) is 54.3 Å². The zero-order valence-corrected chi connectivity index (χ0v) is 19.4. The van der Waals surface area contributed by atoms with E-state index in [1.807, 2.05) is 34.2 Å². The van der Waals surface area contributed by atoms with Gasteiger partial charge in [0, 0.05) is 23.5 Å². The van der Waals surface area contributed by atoms with Crippen molar-refractivity contribution in [1.29, 1.82) is 0 Å². The number of rotatable bonds is 5. The lowest BCUT2D eigenvalue weighted by atomic mass is 9.93. The molecule has 0 radical (unpaired) electrons. The summed E-state index contributed by atoms with van der Waals surface area (Å²) in [6.45, 7) is 2.50. The number of hydrogen-bond donors (Lipinski definition) is 1. The van der Waals surface area contributed by atoms with Crippen molar-refractivity contribution in [1.82, 2.24) is 14.8 Å². The summed E-state index contributed by atoms with van der Waals surface area (Å²) in [7, 11) is 0. The number of nitrogens with one attached hydrogen (secondary N) is 1. The van der Waals surface area contributed by atoms with Gasteiger partial charge in [-0.15, -0.1) is 11.3 Å². The Morgan fingerprint density at radius 1 is 1.15 bits per heavy atom. The van der Waals surface area contributed by atoms with Crippen molar-refractivity contribution in [2.24, 2.45) is 0 Å². The van der Waals surface area contributed by atoms with E-state index in [1.165, 1.54) is 12.1 Å².